The number of hydrogen-bond acceptors (Lipinski definition) is 12. The molecule has 13 nitrogen and oxygen atoms in total. The van der Waals surface area contributed by atoms with Gasteiger partial charge in [-0.3, -0.25) is 23.7 Å². The van der Waals surface area contributed by atoms with Gasteiger partial charge in [0.1, 0.15) is 18.5 Å². The fraction of sp³-hybridized carbons (Fsp3) is 0.556. The molecule has 1 saturated heterocycles. The number of rotatable bonds is 6. The van der Waals surface area contributed by atoms with Gasteiger partial charge in [-0.25, -0.2) is 4.79 Å². The van der Waals surface area contributed by atoms with Gasteiger partial charge in [-0.2, -0.15) is 4.98 Å². The second-order valence-corrected chi connectivity index (χ2v) is 6.63. The summed E-state index contributed by atoms with van der Waals surface area (Å²) in [6.07, 6.45) is -5.44. The minimum Gasteiger partial charge on any atom is -0.463 e. The number of anilines is 1. The third kappa shape index (κ3) is 6.92. The first-order chi connectivity index (χ1) is 14.5. The number of halogens is 1. The van der Waals surface area contributed by atoms with Gasteiger partial charge in [0.05, 0.1) is 0 Å². The predicted octanol–water partition coefficient (Wildman–Crippen LogP) is -0.497. The SMILES string of the molecule is CC(=O)OC[C@H]1O[C@@H](n2ccc(N)nc2=O)[C@H](OC(C)=O)[C@@H](OC(C)=O)[C@@H]1OC(C)=O.Cl. The number of esters is 4. The normalized spacial score (nSPS) is 24.4. The lowest BCUT2D eigenvalue weighted by Crippen LogP contribution is -2.61. The number of ether oxygens (including phenoxy) is 5. The molecule has 0 unspecified atom stereocenters. The molecule has 0 bridgehead atoms. The average Bonchev–Trinajstić information content (AvgIpc) is 2.63. The van der Waals surface area contributed by atoms with Crippen LogP contribution in [0.25, 0.3) is 0 Å². The summed E-state index contributed by atoms with van der Waals surface area (Å²) >= 11 is 0. The molecule has 1 aromatic rings. The second kappa shape index (κ2) is 11.4. The van der Waals surface area contributed by atoms with E-state index in [1.165, 1.54) is 12.3 Å². The van der Waals surface area contributed by atoms with Crippen LogP contribution in [0.5, 0.6) is 0 Å². The van der Waals surface area contributed by atoms with Crippen molar-refractivity contribution in [1.29, 1.82) is 0 Å². The maximum Gasteiger partial charge on any atom is 0.351 e. The first-order valence-corrected chi connectivity index (χ1v) is 9.14. The van der Waals surface area contributed by atoms with Crippen LogP contribution in [0.3, 0.4) is 0 Å². The molecule has 2 N–H and O–H groups in total. The summed E-state index contributed by atoms with van der Waals surface area (Å²) in [6, 6.07) is 1.30. The van der Waals surface area contributed by atoms with E-state index < -0.39 is 66.8 Å². The van der Waals surface area contributed by atoms with Gasteiger partial charge in [0, 0.05) is 33.9 Å². The number of hydrogen-bond donors (Lipinski definition) is 1. The van der Waals surface area contributed by atoms with Crippen molar-refractivity contribution in [2.24, 2.45) is 0 Å². The van der Waals surface area contributed by atoms with Gasteiger partial charge in [0.25, 0.3) is 0 Å². The number of carbonyl (C=O) groups is 4. The van der Waals surface area contributed by atoms with E-state index in [2.05, 4.69) is 4.98 Å². The highest BCUT2D eigenvalue weighted by molar-refractivity contribution is 5.85. The Morgan fingerprint density at radius 2 is 1.50 bits per heavy atom. The van der Waals surface area contributed by atoms with Crippen LogP contribution in [0.1, 0.15) is 33.9 Å². The van der Waals surface area contributed by atoms with Gasteiger partial charge in [-0.15, -0.1) is 12.4 Å². The lowest BCUT2D eigenvalue weighted by molar-refractivity contribution is -0.269. The second-order valence-electron chi connectivity index (χ2n) is 6.63. The zero-order chi connectivity index (χ0) is 23.3. The summed E-state index contributed by atoms with van der Waals surface area (Å²) in [4.78, 5) is 62.5. The van der Waals surface area contributed by atoms with Crippen molar-refractivity contribution in [2.45, 2.75) is 58.3 Å². The van der Waals surface area contributed by atoms with Crippen molar-refractivity contribution in [3.05, 3.63) is 22.7 Å². The lowest BCUT2D eigenvalue weighted by atomic mass is 9.97. The number of nitrogens with zero attached hydrogens (tertiary/aromatic N) is 2. The summed E-state index contributed by atoms with van der Waals surface area (Å²) in [5.74, 6) is -3.04. The number of carbonyl (C=O) groups excluding carboxylic acids is 4. The van der Waals surface area contributed by atoms with E-state index in [0.717, 1.165) is 32.3 Å². The van der Waals surface area contributed by atoms with Crippen LogP contribution in [-0.4, -0.2) is 64.5 Å². The molecule has 178 valence electrons. The first kappa shape index (κ1) is 26.8. The zero-order valence-corrected chi connectivity index (χ0v) is 18.5. The van der Waals surface area contributed by atoms with E-state index in [1.54, 1.807) is 0 Å². The smallest absolute Gasteiger partial charge is 0.351 e. The topological polar surface area (TPSA) is 175 Å². The molecule has 1 fully saturated rings. The zero-order valence-electron chi connectivity index (χ0n) is 17.7. The fourth-order valence-electron chi connectivity index (χ4n) is 3.05. The highest BCUT2D eigenvalue weighted by atomic mass is 35.5. The van der Waals surface area contributed by atoms with E-state index in [4.69, 9.17) is 29.4 Å². The molecule has 0 radical (unpaired) electrons. The molecule has 14 heteroatoms. The molecule has 0 spiro atoms. The molecule has 2 rings (SSSR count). The first-order valence-electron chi connectivity index (χ1n) is 9.14. The van der Waals surface area contributed by atoms with E-state index >= 15 is 0 Å². The molecule has 0 aliphatic carbocycles. The molecule has 1 aliphatic heterocycles. The minimum atomic E-state index is -1.41. The lowest BCUT2D eigenvalue weighted by Gasteiger charge is -2.44. The van der Waals surface area contributed by atoms with Gasteiger partial charge >= 0.3 is 29.6 Å². The van der Waals surface area contributed by atoms with Crippen LogP contribution in [-0.2, 0) is 42.9 Å². The Hall–Kier alpha value is -3.19. The Bertz CT molecular complexity index is 921. The molecule has 0 saturated carbocycles. The monoisotopic (exact) mass is 477 g/mol. The molecular weight excluding hydrogens is 454 g/mol. The number of nitrogens with two attached hydrogens (primary N) is 1. The average molecular weight is 478 g/mol. The summed E-state index contributed by atoms with van der Waals surface area (Å²) in [5.41, 5.74) is 4.67. The summed E-state index contributed by atoms with van der Waals surface area (Å²) < 4.78 is 27.6. The Kier molecular flexibility index (Phi) is 9.59. The van der Waals surface area contributed by atoms with E-state index in [1.807, 2.05) is 0 Å². The van der Waals surface area contributed by atoms with Crippen LogP contribution < -0.4 is 11.4 Å². The molecule has 1 aliphatic rings. The van der Waals surface area contributed by atoms with Gasteiger partial charge in [-0.1, -0.05) is 0 Å². The molecule has 2 heterocycles. The maximum atomic E-state index is 12.4. The number of nitrogen functional groups attached to an aromatic ring is 1. The van der Waals surface area contributed by atoms with Crippen molar-refractivity contribution in [1.82, 2.24) is 9.55 Å². The van der Waals surface area contributed by atoms with E-state index in [-0.39, 0.29) is 18.2 Å². The molecule has 0 amide bonds. The largest absolute Gasteiger partial charge is 0.463 e. The van der Waals surface area contributed by atoms with Gasteiger partial charge in [-0.05, 0) is 6.07 Å². The van der Waals surface area contributed by atoms with Crippen LogP contribution in [0.4, 0.5) is 5.82 Å². The Labute approximate surface area is 188 Å². The van der Waals surface area contributed by atoms with Crippen LogP contribution in [0.2, 0.25) is 0 Å². The minimum absolute atomic E-state index is 0. The van der Waals surface area contributed by atoms with Crippen molar-refractivity contribution >= 4 is 42.1 Å². The highest BCUT2D eigenvalue weighted by Crippen LogP contribution is 2.34. The molecule has 32 heavy (non-hydrogen) atoms. The van der Waals surface area contributed by atoms with Crippen molar-refractivity contribution in [3.8, 4) is 0 Å². The van der Waals surface area contributed by atoms with E-state index in [0.29, 0.717) is 0 Å². The van der Waals surface area contributed by atoms with Crippen LogP contribution >= 0.6 is 12.4 Å². The molecule has 0 aromatic carbocycles. The van der Waals surface area contributed by atoms with Gasteiger partial charge in [0.2, 0.25) is 0 Å². The Morgan fingerprint density at radius 3 is 2.00 bits per heavy atom. The Balaban J connectivity index is 0.00000512. The number of aromatic nitrogens is 2. The fourth-order valence-corrected chi connectivity index (χ4v) is 3.05. The van der Waals surface area contributed by atoms with Gasteiger partial charge in [0.15, 0.2) is 24.5 Å². The van der Waals surface area contributed by atoms with Crippen LogP contribution in [0.15, 0.2) is 17.1 Å². The van der Waals surface area contributed by atoms with Crippen molar-refractivity contribution < 1.29 is 42.9 Å². The van der Waals surface area contributed by atoms with Crippen molar-refractivity contribution in [3.63, 3.8) is 0 Å². The standard InChI is InChI=1S/C18H23N3O10.ClH/c1-8(22)27-7-12-14(28-9(2)23)15(29-10(3)24)16(30-11(4)25)17(31-12)21-6-5-13(19)20-18(21)26;/h5-6,12,14-17H,7H2,1-4H3,(H2,19,20,26);1H/t12-,14-,15+,16-,17-;/m1./s1. The third-order valence-corrected chi connectivity index (χ3v) is 4.09. The quantitative estimate of drug-likeness (QED) is 0.411. The maximum absolute atomic E-state index is 12.4. The molecule has 5 atom stereocenters. The summed E-state index contributed by atoms with van der Waals surface area (Å²) in [5, 5.41) is 0. The third-order valence-electron chi connectivity index (χ3n) is 4.09. The highest BCUT2D eigenvalue weighted by Gasteiger charge is 2.53. The molecular formula is C18H24ClN3O10. The van der Waals surface area contributed by atoms with E-state index in [9.17, 15) is 24.0 Å². The molecule has 1 aromatic heterocycles. The Morgan fingerprint density at radius 1 is 0.969 bits per heavy atom. The summed E-state index contributed by atoms with van der Waals surface area (Å²) in [7, 11) is 0. The van der Waals surface area contributed by atoms with Gasteiger partial charge < -0.3 is 29.4 Å². The van der Waals surface area contributed by atoms with Crippen LogP contribution in [0, 0.1) is 0 Å². The van der Waals surface area contributed by atoms with Crippen molar-refractivity contribution in [2.75, 3.05) is 12.3 Å². The predicted molar refractivity (Wildman–Crippen MR) is 107 cm³/mol. The summed E-state index contributed by atoms with van der Waals surface area (Å²) in [6.45, 7) is 4.04.